The first-order valence-electron chi connectivity index (χ1n) is 13.0. The lowest BCUT2D eigenvalue weighted by Gasteiger charge is -2.42. The second-order valence-corrected chi connectivity index (χ2v) is 12.5. The van der Waals surface area contributed by atoms with Gasteiger partial charge in [-0.05, 0) is 68.1 Å². The van der Waals surface area contributed by atoms with Crippen molar-refractivity contribution in [3.63, 3.8) is 0 Å². The zero-order valence-corrected chi connectivity index (χ0v) is 21.9. The maximum Gasteiger partial charge on any atom is 0.246 e. The van der Waals surface area contributed by atoms with Crippen LogP contribution in [0.5, 0.6) is 0 Å². The Hall–Kier alpha value is -3.28. The molecule has 2 saturated heterocycles. The molecule has 2 aromatic heterocycles. The Bertz CT molecular complexity index is 1620. The molecule has 0 bridgehead atoms. The third-order valence-electron chi connectivity index (χ3n) is 8.16. The Labute approximate surface area is 220 Å². The summed E-state index contributed by atoms with van der Waals surface area (Å²) in [5, 5.41) is 9.88. The molecule has 11 heteroatoms. The third kappa shape index (κ3) is 3.83. The van der Waals surface area contributed by atoms with Crippen molar-refractivity contribution in [1.82, 2.24) is 23.9 Å². The minimum Gasteiger partial charge on any atom is -0.379 e. The second-order valence-electron chi connectivity index (χ2n) is 10.6. The van der Waals surface area contributed by atoms with E-state index in [1.165, 1.54) is 18.3 Å². The molecule has 1 unspecified atom stereocenters. The van der Waals surface area contributed by atoms with E-state index >= 15 is 0 Å². The molecule has 2 aliphatic heterocycles. The molecule has 4 heterocycles. The van der Waals surface area contributed by atoms with Crippen molar-refractivity contribution >= 4 is 26.6 Å². The summed E-state index contributed by atoms with van der Waals surface area (Å²) >= 11 is 0. The van der Waals surface area contributed by atoms with Crippen LogP contribution in [0.3, 0.4) is 0 Å². The van der Waals surface area contributed by atoms with Gasteiger partial charge < -0.3 is 9.64 Å². The van der Waals surface area contributed by atoms with Crippen molar-refractivity contribution in [3.8, 4) is 5.69 Å². The van der Waals surface area contributed by atoms with Crippen LogP contribution in [-0.2, 0) is 14.8 Å². The molecule has 4 aromatic rings. The first-order chi connectivity index (χ1) is 18.3. The highest BCUT2D eigenvalue weighted by Crippen LogP contribution is 2.48. The normalized spacial score (nSPS) is 21.5. The van der Waals surface area contributed by atoms with Gasteiger partial charge >= 0.3 is 0 Å². The average molecular weight is 537 g/mol. The number of benzene rings is 2. The zero-order chi connectivity index (χ0) is 26.1. The van der Waals surface area contributed by atoms with Crippen molar-refractivity contribution < 1.29 is 17.5 Å². The van der Waals surface area contributed by atoms with Crippen molar-refractivity contribution in [2.75, 3.05) is 37.7 Å². The Kier molecular flexibility index (Phi) is 5.40. The van der Waals surface area contributed by atoms with E-state index in [1.54, 1.807) is 27.3 Å². The van der Waals surface area contributed by atoms with E-state index < -0.39 is 15.6 Å². The van der Waals surface area contributed by atoms with Gasteiger partial charge in [0.05, 0.1) is 41.8 Å². The zero-order valence-electron chi connectivity index (χ0n) is 21.1. The SMILES string of the molecule is Cc1cc2c(cnn2-c2ccc(F)cc2)cc1N1CCN(S(=O)(=O)c2cnn(C3CCOC3)c2)C2(CC2)C1. The summed E-state index contributed by atoms with van der Waals surface area (Å²) in [6.45, 7) is 4.98. The molecule has 3 aliphatic rings. The van der Waals surface area contributed by atoms with Crippen molar-refractivity contribution in [1.29, 1.82) is 0 Å². The number of anilines is 1. The number of nitrogens with zero attached hydrogens (tertiary/aromatic N) is 6. The lowest BCUT2D eigenvalue weighted by atomic mass is 10.1. The van der Waals surface area contributed by atoms with Gasteiger partial charge in [-0.2, -0.15) is 14.5 Å². The highest BCUT2D eigenvalue weighted by molar-refractivity contribution is 7.89. The van der Waals surface area contributed by atoms with E-state index in [0.717, 1.165) is 47.1 Å². The smallest absolute Gasteiger partial charge is 0.246 e. The summed E-state index contributed by atoms with van der Waals surface area (Å²) in [6.07, 6.45) is 7.49. The van der Waals surface area contributed by atoms with Crippen molar-refractivity contribution in [2.45, 2.75) is 42.7 Å². The lowest BCUT2D eigenvalue weighted by molar-refractivity contribution is 0.184. The van der Waals surface area contributed by atoms with Gasteiger partial charge in [-0.3, -0.25) is 4.68 Å². The molecule has 1 spiro atoms. The number of rotatable bonds is 5. The number of ether oxygens (including phenoxy) is 1. The summed E-state index contributed by atoms with van der Waals surface area (Å²) in [6, 6.07) is 10.6. The van der Waals surface area contributed by atoms with Crippen LogP contribution < -0.4 is 4.90 Å². The molecule has 0 radical (unpaired) electrons. The topological polar surface area (TPSA) is 85.5 Å². The molecule has 0 amide bonds. The summed E-state index contributed by atoms with van der Waals surface area (Å²) in [5.74, 6) is -0.281. The predicted molar refractivity (Wildman–Crippen MR) is 141 cm³/mol. The summed E-state index contributed by atoms with van der Waals surface area (Å²) in [4.78, 5) is 2.57. The summed E-state index contributed by atoms with van der Waals surface area (Å²) in [7, 11) is -3.65. The molecule has 1 aliphatic carbocycles. The van der Waals surface area contributed by atoms with E-state index in [4.69, 9.17) is 4.74 Å². The van der Waals surface area contributed by atoms with Gasteiger partial charge in [-0.25, -0.2) is 17.5 Å². The van der Waals surface area contributed by atoms with E-state index in [2.05, 4.69) is 34.2 Å². The van der Waals surface area contributed by atoms with Crippen molar-refractivity contribution in [3.05, 3.63) is 66.4 Å². The number of fused-ring (bicyclic) bond motifs is 1. The monoisotopic (exact) mass is 536 g/mol. The second kappa shape index (κ2) is 8.62. The number of aryl methyl sites for hydroxylation is 1. The number of hydrogen-bond donors (Lipinski definition) is 0. The van der Waals surface area contributed by atoms with Crippen molar-refractivity contribution in [2.24, 2.45) is 0 Å². The average Bonchev–Trinajstić information content (AvgIpc) is 3.36. The number of hydrogen-bond acceptors (Lipinski definition) is 6. The molecule has 198 valence electrons. The molecule has 0 N–H and O–H groups in total. The maximum atomic E-state index is 13.7. The molecule has 9 nitrogen and oxygen atoms in total. The molecule has 1 atom stereocenters. The molecule has 38 heavy (non-hydrogen) atoms. The molecule has 7 rings (SSSR count). The van der Waals surface area contributed by atoms with Crippen LogP contribution in [0.1, 0.15) is 30.9 Å². The quantitative estimate of drug-likeness (QED) is 0.387. The summed E-state index contributed by atoms with van der Waals surface area (Å²) < 4.78 is 51.5. The van der Waals surface area contributed by atoms with E-state index in [9.17, 15) is 12.8 Å². The van der Waals surface area contributed by atoms with Gasteiger partial charge in [0, 0.05) is 43.5 Å². The molecular weight excluding hydrogens is 507 g/mol. The Morgan fingerprint density at radius 3 is 2.63 bits per heavy atom. The highest BCUT2D eigenvalue weighted by atomic mass is 32.2. The molecule has 2 aromatic carbocycles. The lowest BCUT2D eigenvalue weighted by Crippen LogP contribution is -2.57. The Morgan fingerprint density at radius 1 is 1.08 bits per heavy atom. The van der Waals surface area contributed by atoms with Gasteiger partial charge in [0.1, 0.15) is 10.7 Å². The number of piperazine rings is 1. The Balaban J connectivity index is 1.15. The van der Waals surface area contributed by atoms with E-state index in [0.29, 0.717) is 32.8 Å². The van der Waals surface area contributed by atoms with Crippen LogP contribution in [0.15, 0.2) is 59.9 Å². The molecule has 3 fully saturated rings. The predicted octanol–water partition coefficient (Wildman–Crippen LogP) is 3.67. The molecular formula is C27H29FN6O3S. The van der Waals surface area contributed by atoms with Gasteiger partial charge in [-0.1, -0.05) is 0 Å². The van der Waals surface area contributed by atoms with Crippen LogP contribution >= 0.6 is 0 Å². The van der Waals surface area contributed by atoms with Gasteiger partial charge in [0.25, 0.3) is 0 Å². The number of sulfonamides is 1. The minimum atomic E-state index is -3.65. The van der Waals surface area contributed by atoms with Crippen LogP contribution in [0.4, 0.5) is 10.1 Å². The van der Waals surface area contributed by atoms with Gasteiger partial charge in [-0.15, -0.1) is 0 Å². The van der Waals surface area contributed by atoms with Crippen LogP contribution in [-0.4, -0.2) is 70.7 Å². The summed E-state index contributed by atoms with van der Waals surface area (Å²) in [5.41, 5.74) is 3.54. The van der Waals surface area contributed by atoms with E-state index in [1.807, 2.05) is 10.9 Å². The third-order valence-corrected chi connectivity index (χ3v) is 10.1. The fourth-order valence-corrected chi connectivity index (χ4v) is 7.65. The number of aromatic nitrogens is 4. The highest BCUT2D eigenvalue weighted by Gasteiger charge is 2.56. The molecule has 1 saturated carbocycles. The maximum absolute atomic E-state index is 13.7. The first kappa shape index (κ1) is 23.8. The number of halogens is 1. The van der Waals surface area contributed by atoms with Crippen LogP contribution in [0.2, 0.25) is 0 Å². The fraction of sp³-hybridized carbons (Fsp3) is 0.407. The largest absolute Gasteiger partial charge is 0.379 e. The minimum absolute atomic E-state index is 0.0935. The van der Waals surface area contributed by atoms with Gasteiger partial charge in [0.2, 0.25) is 10.0 Å². The first-order valence-corrected chi connectivity index (χ1v) is 14.4. The Morgan fingerprint density at radius 2 is 1.89 bits per heavy atom. The van der Waals surface area contributed by atoms with E-state index in [-0.39, 0.29) is 16.8 Å². The fourth-order valence-electron chi connectivity index (χ4n) is 5.90. The van der Waals surface area contributed by atoms with Crippen LogP contribution in [0.25, 0.3) is 16.6 Å². The van der Waals surface area contributed by atoms with Gasteiger partial charge in [0.15, 0.2) is 0 Å². The van der Waals surface area contributed by atoms with Crippen LogP contribution in [0, 0.1) is 12.7 Å². The standard InChI is InChI=1S/C27H29FN6O3S/c1-19-12-26-20(14-30-34(26)22-4-2-21(28)3-5-22)13-25(19)31-9-10-33(27(18-31)7-8-27)38(35,36)24-15-29-32(16-24)23-6-11-37-17-23/h2-5,12-16,23H,6-11,17-18H2,1H3.